The maximum absolute atomic E-state index is 13.5. The zero-order valence-electron chi connectivity index (χ0n) is 16.2. The lowest BCUT2D eigenvalue weighted by molar-refractivity contribution is -0.566. The van der Waals surface area contributed by atoms with Crippen LogP contribution in [-0.4, -0.2) is 40.7 Å². The van der Waals surface area contributed by atoms with Gasteiger partial charge in [0.2, 0.25) is 20.9 Å². The van der Waals surface area contributed by atoms with Crippen molar-refractivity contribution in [2.24, 2.45) is 0 Å². The summed E-state index contributed by atoms with van der Waals surface area (Å²) in [5, 5.41) is 22.2. The predicted octanol–water partition coefficient (Wildman–Crippen LogP) is 1.82. The number of nitrogens with one attached hydrogen (secondary N) is 2. The lowest BCUT2D eigenvalue weighted by Gasteiger charge is -2.15. The summed E-state index contributed by atoms with van der Waals surface area (Å²) >= 11 is 0. The molecule has 2 N–H and O–H groups in total. The number of pyridine rings is 1. The molecule has 0 spiro atoms. The van der Waals surface area contributed by atoms with Crippen LogP contribution in [0.4, 0.5) is 10.2 Å². The molecule has 0 radical (unpaired) electrons. The highest BCUT2D eigenvalue weighted by molar-refractivity contribution is 7.90. The Labute approximate surface area is 175 Å². The average Bonchev–Trinajstić information content (AvgIpc) is 3.11. The molecule has 158 valence electrons. The van der Waals surface area contributed by atoms with Gasteiger partial charge in [0.1, 0.15) is 16.9 Å². The number of rotatable bonds is 4. The van der Waals surface area contributed by atoms with Gasteiger partial charge in [0, 0.05) is 30.5 Å². The van der Waals surface area contributed by atoms with Crippen LogP contribution >= 0.6 is 0 Å². The van der Waals surface area contributed by atoms with Gasteiger partial charge < -0.3 is 10.5 Å². The quantitative estimate of drug-likeness (QED) is 0.279. The van der Waals surface area contributed by atoms with Crippen LogP contribution in [0.15, 0.2) is 47.8 Å². The normalized spacial score (nSPS) is 11.6. The standard InChI is InChI=1S/C19H15FN6O4S/c1-10(27)22-17-14-9-13(15-7-8-21-19(23-15)31(2,29)30)16(26(28)18(14)25-24-17)11-3-5-12(20)6-4-11/h3-9H,1-2H3,(H2,22,24,25,27). The Kier molecular flexibility index (Phi) is 4.85. The zero-order chi connectivity index (χ0) is 22.3. The third kappa shape index (κ3) is 3.80. The van der Waals surface area contributed by atoms with Gasteiger partial charge in [-0.2, -0.15) is 0 Å². The molecule has 0 aliphatic carbocycles. The Morgan fingerprint density at radius 1 is 1.23 bits per heavy atom. The van der Waals surface area contributed by atoms with Crippen LogP contribution in [0.5, 0.6) is 0 Å². The highest BCUT2D eigenvalue weighted by Crippen LogP contribution is 2.33. The predicted molar refractivity (Wildman–Crippen MR) is 109 cm³/mol. The van der Waals surface area contributed by atoms with Crippen LogP contribution in [0.3, 0.4) is 0 Å². The molecule has 10 nitrogen and oxygen atoms in total. The topological polar surface area (TPSA) is 145 Å². The van der Waals surface area contributed by atoms with Crippen molar-refractivity contribution in [1.82, 2.24) is 20.2 Å². The van der Waals surface area contributed by atoms with E-state index < -0.39 is 26.7 Å². The van der Waals surface area contributed by atoms with E-state index in [1.807, 2.05) is 0 Å². The Balaban J connectivity index is 2.07. The summed E-state index contributed by atoms with van der Waals surface area (Å²) in [4.78, 5) is 19.4. The van der Waals surface area contributed by atoms with Crippen molar-refractivity contribution in [3.63, 3.8) is 0 Å². The number of nitrogens with zero attached hydrogens (tertiary/aromatic N) is 4. The maximum atomic E-state index is 13.5. The zero-order valence-corrected chi connectivity index (χ0v) is 17.1. The number of hydrogen-bond donors (Lipinski definition) is 2. The van der Waals surface area contributed by atoms with Crippen molar-refractivity contribution in [3.05, 3.63) is 53.6 Å². The molecule has 12 heteroatoms. The second-order valence-corrected chi connectivity index (χ2v) is 8.63. The number of aromatic amines is 1. The van der Waals surface area contributed by atoms with E-state index in [1.54, 1.807) is 6.07 Å². The number of sulfone groups is 1. The summed E-state index contributed by atoms with van der Waals surface area (Å²) in [7, 11) is -3.71. The van der Waals surface area contributed by atoms with Crippen molar-refractivity contribution in [1.29, 1.82) is 0 Å². The van der Waals surface area contributed by atoms with E-state index in [9.17, 15) is 22.8 Å². The number of carbonyl (C=O) groups is 1. The summed E-state index contributed by atoms with van der Waals surface area (Å²) in [5.41, 5.74) is 0.891. The van der Waals surface area contributed by atoms with Crippen molar-refractivity contribution in [2.45, 2.75) is 12.1 Å². The van der Waals surface area contributed by atoms with Crippen molar-refractivity contribution in [2.75, 3.05) is 11.6 Å². The lowest BCUT2D eigenvalue weighted by Crippen LogP contribution is -2.31. The molecule has 1 amide bonds. The first-order valence-corrected chi connectivity index (χ1v) is 10.8. The molecule has 0 bridgehead atoms. The van der Waals surface area contributed by atoms with Crippen molar-refractivity contribution >= 4 is 32.6 Å². The summed E-state index contributed by atoms with van der Waals surface area (Å²) in [6.07, 6.45) is 2.23. The molecule has 31 heavy (non-hydrogen) atoms. The highest BCUT2D eigenvalue weighted by Gasteiger charge is 2.24. The Bertz CT molecular complexity index is 1430. The Morgan fingerprint density at radius 2 is 1.94 bits per heavy atom. The monoisotopic (exact) mass is 442 g/mol. The fraction of sp³-hybridized carbons (Fsp3) is 0.105. The molecule has 0 atom stereocenters. The van der Waals surface area contributed by atoms with Gasteiger partial charge in [0.25, 0.3) is 0 Å². The summed E-state index contributed by atoms with van der Waals surface area (Å²) in [5.74, 6) is -0.757. The second-order valence-electron chi connectivity index (χ2n) is 6.72. The lowest BCUT2D eigenvalue weighted by atomic mass is 10.0. The molecule has 3 aromatic heterocycles. The van der Waals surface area contributed by atoms with Crippen molar-refractivity contribution in [3.8, 4) is 22.5 Å². The molecule has 1 aromatic carbocycles. The molecule has 4 rings (SSSR count). The molecule has 4 aromatic rings. The summed E-state index contributed by atoms with van der Waals surface area (Å²) in [6.45, 7) is 1.29. The number of amides is 1. The minimum Gasteiger partial charge on any atom is -0.710 e. The molecular weight excluding hydrogens is 427 g/mol. The van der Waals surface area contributed by atoms with Gasteiger partial charge in [-0.15, -0.1) is 5.10 Å². The molecule has 3 heterocycles. The van der Waals surface area contributed by atoms with E-state index in [4.69, 9.17) is 0 Å². The fourth-order valence-corrected chi connectivity index (χ4v) is 3.59. The summed E-state index contributed by atoms with van der Waals surface area (Å²) in [6, 6.07) is 8.21. The Morgan fingerprint density at radius 3 is 2.58 bits per heavy atom. The molecule has 0 unspecified atom stereocenters. The van der Waals surface area contributed by atoms with Gasteiger partial charge in [-0.25, -0.2) is 27.5 Å². The number of aromatic nitrogens is 5. The van der Waals surface area contributed by atoms with Gasteiger partial charge >= 0.3 is 5.65 Å². The number of halogens is 1. The summed E-state index contributed by atoms with van der Waals surface area (Å²) < 4.78 is 37.9. The number of anilines is 1. The van der Waals surface area contributed by atoms with Crippen LogP contribution in [0.25, 0.3) is 33.5 Å². The number of fused-ring (bicyclic) bond motifs is 1. The van der Waals surface area contributed by atoms with Gasteiger partial charge in [-0.1, -0.05) is 5.10 Å². The van der Waals surface area contributed by atoms with Crippen LogP contribution < -0.4 is 10.0 Å². The number of hydrogen-bond acceptors (Lipinski definition) is 7. The van der Waals surface area contributed by atoms with Gasteiger partial charge in [0.05, 0.1) is 5.69 Å². The highest BCUT2D eigenvalue weighted by atomic mass is 32.2. The van der Waals surface area contributed by atoms with Gasteiger partial charge in [-0.05, 0) is 36.4 Å². The largest absolute Gasteiger partial charge is 0.710 e. The van der Waals surface area contributed by atoms with Gasteiger partial charge in [-0.3, -0.25) is 4.79 Å². The first-order chi connectivity index (χ1) is 14.6. The molecule has 0 aliphatic heterocycles. The average molecular weight is 442 g/mol. The molecule has 0 saturated carbocycles. The van der Waals surface area contributed by atoms with Crippen LogP contribution in [0, 0.1) is 11.0 Å². The van der Waals surface area contributed by atoms with E-state index in [0.29, 0.717) is 10.3 Å². The van der Waals surface area contributed by atoms with E-state index >= 15 is 0 Å². The Hall–Kier alpha value is -3.93. The van der Waals surface area contributed by atoms with E-state index in [0.717, 1.165) is 6.26 Å². The smallest absolute Gasteiger partial charge is 0.314 e. The van der Waals surface area contributed by atoms with Crippen LogP contribution in [0.1, 0.15) is 6.92 Å². The van der Waals surface area contributed by atoms with E-state index in [-0.39, 0.29) is 33.8 Å². The molecular formula is C19H15FN6O4S. The van der Waals surface area contributed by atoms with Crippen molar-refractivity contribution < 1.29 is 22.3 Å². The number of H-pyrrole nitrogens is 1. The third-order valence-electron chi connectivity index (χ3n) is 4.39. The fourth-order valence-electron chi connectivity index (χ4n) is 3.07. The minimum absolute atomic E-state index is 0.0456. The molecule has 0 aliphatic rings. The van der Waals surface area contributed by atoms with Gasteiger partial charge in [0.15, 0.2) is 5.82 Å². The molecule has 0 fully saturated rings. The third-order valence-corrected chi connectivity index (χ3v) is 5.25. The van der Waals surface area contributed by atoms with Crippen LogP contribution in [-0.2, 0) is 14.6 Å². The molecule has 0 saturated heterocycles. The van der Waals surface area contributed by atoms with E-state index in [2.05, 4.69) is 25.5 Å². The number of benzene rings is 1. The minimum atomic E-state index is -3.71. The van der Waals surface area contributed by atoms with Crippen LogP contribution in [0.2, 0.25) is 0 Å². The first-order valence-electron chi connectivity index (χ1n) is 8.87. The SMILES string of the molecule is CC(=O)Nc1n[nH]c2c1cc(-c1ccnc(S(C)(=O)=O)n1)c(-c1ccc(F)cc1)[n+]2[O-]. The second kappa shape index (κ2) is 7.40. The maximum Gasteiger partial charge on any atom is 0.314 e. The number of carbonyl (C=O) groups excluding carboxylic acids is 1. The van der Waals surface area contributed by atoms with E-state index in [1.165, 1.54) is 43.5 Å². The first kappa shape index (κ1) is 20.3.